The Morgan fingerprint density at radius 3 is 2.52 bits per heavy atom. The van der Waals surface area contributed by atoms with Crippen LogP contribution in [0.3, 0.4) is 0 Å². The Hall–Kier alpha value is -1.73. The summed E-state index contributed by atoms with van der Waals surface area (Å²) in [7, 11) is 2.83. The highest BCUT2D eigenvalue weighted by Crippen LogP contribution is 2.34. The largest absolute Gasteiger partial charge is 0.496 e. The topological polar surface area (TPSA) is 65.5 Å². The van der Waals surface area contributed by atoms with Crippen LogP contribution in [0.5, 0.6) is 5.75 Å². The Labute approximate surface area is 134 Å². The molecule has 1 heterocycles. The minimum absolute atomic E-state index is 0.0527. The number of Topliss-reactive ketones (excluding diaryl/α,β-unsaturated/α-hetero) is 1. The van der Waals surface area contributed by atoms with Gasteiger partial charge in [-0.05, 0) is 34.1 Å². The third kappa shape index (κ3) is 3.14. The summed E-state index contributed by atoms with van der Waals surface area (Å²) in [6.45, 7) is 1.40. The molecule has 1 aromatic heterocycles. The second-order valence-electron chi connectivity index (χ2n) is 4.09. The summed E-state index contributed by atoms with van der Waals surface area (Å²) >= 11 is 4.56. The standard InChI is InChI=1S/C14H12BrNO4S/c1-7(17)12-11(14(18)20-3)16-13(21-12)8-4-5-10(19-2)9(15)6-8/h4-6H,1-3H3. The van der Waals surface area contributed by atoms with Gasteiger partial charge in [-0.3, -0.25) is 4.79 Å². The third-order valence-electron chi connectivity index (χ3n) is 2.72. The van der Waals surface area contributed by atoms with Crippen molar-refractivity contribution < 1.29 is 19.1 Å². The van der Waals surface area contributed by atoms with Gasteiger partial charge >= 0.3 is 5.97 Å². The van der Waals surface area contributed by atoms with Crippen molar-refractivity contribution in [3.63, 3.8) is 0 Å². The first-order valence-electron chi connectivity index (χ1n) is 5.92. The van der Waals surface area contributed by atoms with E-state index in [0.29, 0.717) is 15.6 Å². The van der Waals surface area contributed by atoms with Gasteiger partial charge in [0, 0.05) is 12.5 Å². The van der Waals surface area contributed by atoms with Gasteiger partial charge in [0.15, 0.2) is 11.5 Å². The number of rotatable bonds is 4. The molecule has 0 atom stereocenters. The van der Waals surface area contributed by atoms with E-state index < -0.39 is 5.97 Å². The lowest BCUT2D eigenvalue weighted by Crippen LogP contribution is -2.06. The molecular formula is C14H12BrNO4S. The quantitative estimate of drug-likeness (QED) is 0.608. The SMILES string of the molecule is COC(=O)c1nc(-c2ccc(OC)c(Br)c2)sc1C(C)=O. The first-order chi connectivity index (χ1) is 9.97. The van der Waals surface area contributed by atoms with Crippen LogP contribution < -0.4 is 4.74 Å². The average molecular weight is 370 g/mol. The van der Waals surface area contributed by atoms with E-state index in [9.17, 15) is 9.59 Å². The predicted molar refractivity (Wildman–Crippen MR) is 83.1 cm³/mol. The van der Waals surface area contributed by atoms with Crippen molar-refractivity contribution in [2.45, 2.75) is 6.92 Å². The number of esters is 1. The van der Waals surface area contributed by atoms with Crippen LogP contribution in [0.2, 0.25) is 0 Å². The first kappa shape index (κ1) is 15.7. The fraction of sp³-hybridized carbons (Fsp3) is 0.214. The number of ketones is 1. The van der Waals surface area contributed by atoms with E-state index in [0.717, 1.165) is 21.4 Å². The lowest BCUT2D eigenvalue weighted by Gasteiger charge is -2.04. The van der Waals surface area contributed by atoms with Gasteiger partial charge < -0.3 is 9.47 Å². The molecule has 0 fully saturated rings. The highest BCUT2D eigenvalue weighted by atomic mass is 79.9. The molecule has 0 radical (unpaired) electrons. The summed E-state index contributed by atoms with van der Waals surface area (Å²) in [6.07, 6.45) is 0. The number of aromatic nitrogens is 1. The summed E-state index contributed by atoms with van der Waals surface area (Å²) < 4.78 is 10.6. The van der Waals surface area contributed by atoms with Crippen molar-refractivity contribution in [2.24, 2.45) is 0 Å². The van der Waals surface area contributed by atoms with Gasteiger partial charge in [-0.2, -0.15) is 0 Å². The number of hydrogen-bond donors (Lipinski definition) is 0. The minimum atomic E-state index is -0.615. The van der Waals surface area contributed by atoms with Crippen molar-refractivity contribution >= 4 is 39.0 Å². The summed E-state index contributed by atoms with van der Waals surface area (Å²) in [4.78, 5) is 27.8. The number of hydrogen-bond acceptors (Lipinski definition) is 6. The summed E-state index contributed by atoms with van der Waals surface area (Å²) in [5, 5.41) is 0.573. The maximum atomic E-state index is 11.7. The molecule has 7 heteroatoms. The number of carbonyl (C=O) groups excluding carboxylic acids is 2. The molecule has 21 heavy (non-hydrogen) atoms. The number of ether oxygens (including phenoxy) is 2. The van der Waals surface area contributed by atoms with E-state index in [1.165, 1.54) is 14.0 Å². The zero-order valence-corrected chi connectivity index (χ0v) is 14.0. The third-order valence-corrected chi connectivity index (χ3v) is 4.55. The predicted octanol–water partition coefficient (Wildman–Crippen LogP) is 3.57. The van der Waals surface area contributed by atoms with Gasteiger partial charge in [0.05, 0.1) is 18.7 Å². The Kier molecular flexibility index (Phi) is 4.74. The van der Waals surface area contributed by atoms with Crippen molar-refractivity contribution in [2.75, 3.05) is 14.2 Å². The van der Waals surface area contributed by atoms with E-state index in [2.05, 4.69) is 25.7 Å². The maximum absolute atomic E-state index is 11.7. The zero-order chi connectivity index (χ0) is 15.6. The monoisotopic (exact) mass is 369 g/mol. The summed E-state index contributed by atoms with van der Waals surface area (Å²) in [5.74, 6) is -0.141. The number of halogens is 1. The van der Waals surface area contributed by atoms with Crippen LogP contribution in [0.15, 0.2) is 22.7 Å². The molecule has 110 valence electrons. The molecule has 0 saturated heterocycles. The van der Waals surface area contributed by atoms with Crippen molar-refractivity contribution in [1.82, 2.24) is 4.98 Å². The lowest BCUT2D eigenvalue weighted by atomic mass is 10.2. The number of thiazole rings is 1. The average Bonchev–Trinajstić information content (AvgIpc) is 2.91. The molecule has 2 aromatic rings. The molecule has 0 unspecified atom stereocenters. The lowest BCUT2D eigenvalue weighted by molar-refractivity contribution is 0.0591. The van der Waals surface area contributed by atoms with Crippen LogP contribution in [0.25, 0.3) is 10.6 Å². The first-order valence-corrected chi connectivity index (χ1v) is 7.52. The molecule has 1 aromatic carbocycles. The van der Waals surface area contributed by atoms with Gasteiger partial charge in [0.1, 0.15) is 15.6 Å². The molecule has 0 aliphatic carbocycles. The Balaban J connectivity index is 2.52. The maximum Gasteiger partial charge on any atom is 0.358 e. The van der Waals surface area contributed by atoms with Crippen LogP contribution >= 0.6 is 27.3 Å². The van der Waals surface area contributed by atoms with Crippen LogP contribution in [0.1, 0.15) is 27.1 Å². The number of nitrogens with zero attached hydrogens (tertiary/aromatic N) is 1. The minimum Gasteiger partial charge on any atom is -0.496 e. The molecule has 0 aliphatic heterocycles. The normalized spacial score (nSPS) is 10.3. The molecule has 0 bridgehead atoms. The van der Waals surface area contributed by atoms with Gasteiger partial charge in [0.2, 0.25) is 0 Å². The summed E-state index contributed by atoms with van der Waals surface area (Å²) in [6, 6.07) is 5.42. The van der Waals surface area contributed by atoms with Crippen molar-refractivity contribution in [1.29, 1.82) is 0 Å². The number of methoxy groups -OCH3 is 2. The van der Waals surface area contributed by atoms with E-state index in [4.69, 9.17) is 4.74 Å². The molecule has 0 amide bonds. The smallest absolute Gasteiger partial charge is 0.358 e. The van der Waals surface area contributed by atoms with Crippen molar-refractivity contribution in [3.05, 3.63) is 33.2 Å². The van der Waals surface area contributed by atoms with E-state index in [1.54, 1.807) is 13.2 Å². The van der Waals surface area contributed by atoms with E-state index >= 15 is 0 Å². The number of carbonyl (C=O) groups is 2. The van der Waals surface area contributed by atoms with Crippen LogP contribution in [-0.4, -0.2) is 31.0 Å². The molecule has 0 spiro atoms. The highest BCUT2D eigenvalue weighted by molar-refractivity contribution is 9.10. The second-order valence-corrected chi connectivity index (χ2v) is 5.95. The molecule has 0 aliphatic rings. The molecular weight excluding hydrogens is 358 g/mol. The van der Waals surface area contributed by atoms with Gasteiger partial charge in [0.25, 0.3) is 0 Å². The van der Waals surface area contributed by atoms with Gasteiger partial charge in [-0.15, -0.1) is 11.3 Å². The Bertz CT molecular complexity index is 711. The second kappa shape index (κ2) is 6.36. The van der Waals surface area contributed by atoms with E-state index in [1.807, 2.05) is 12.1 Å². The summed E-state index contributed by atoms with van der Waals surface area (Å²) in [5.41, 5.74) is 0.835. The van der Waals surface area contributed by atoms with Crippen LogP contribution in [0.4, 0.5) is 0 Å². The van der Waals surface area contributed by atoms with E-state index in [-0.39, 0.29) is 11.5 Å². The number of benzene rings is 1. The van der Waals surface area contributed by atoms with Gasteiger partial charge in [-0.1, -0.05) is 0 Å². The van der Waals surface area contributed by atoms with Crippen LogP contribution in [0, 0.1) is 0 Å². The fourth-order valence-corrected chi connectivity index (χ4v) is 3.20. The Morgan fingerprint density at radius 2 is 2.00 bits per heavy atom. The molecule has 0 saturated carbocycles. The molecule has 5 nitrogen and oxygen atoms in total. The molecule has 0 N–H and O–H groups in total. The molecule has 2 rings (SSSR count). The Morgan fingerprint density at radius 1 is 1.29 bits per heavy atom. The van der Waals surface area contributed by atoms with Gasteiger partial charge in [-0.25, -0.2) is 9.78 Å². The highest BCUT2D eigenvalue weighted by Gasteiger charge is 2.22. The van der Waals surface area contributed by atoms with Crippen LogP contribution in [-0.2, 0) is 4.74 Å². The van der Waals surface area contributed by atoms with Crippen molar-refractivity contribution in [3.8, 4) is 16.3 Å². The fourth-order valence-electron chi connectivity index (χ4n) is 1.72. The zero-order valence-electron chi connectivity index (χ0n) is 11.6.